The van der Waals surface area contributed by atoms with Gasteiger partial charge in [-0.2, -0.15) is 26.3 Å². The lowest BCUT2D eigenvalue weighted by molar-refractivity contribution is -0.143. The second kappa shape index (κ2) is 11.2. The molecule has 0 saturated carbocycles. The molecule has 2 aromatic rings. The second-order valence-electron chi connectivity index (χ2n) is 9.06. The fourth-order valence-corrected chi connectivity index (χ4v) is 4.68. The number of aryl methyl sites for hydroxylation is 1. The third-order valence-corrected chi connectivity index (χ3v) is 6.42. The number of hydrogen-bond acceptors (Lipinski definition) is 5. The van der Waals surface area contributed by atoms with E-state index in [0.29, 0.717) is 34.7 Å². The lowest BCUT2D eigenvalue weighted by atomic mass is 9.89. The fraction of sp³-hybridized carbons (Fsp3) is 0.462. The molecule has 1 aliphatic heterocycles. The van der Waals surface area contributed by atoms with Gasteiger partial charge in [0.1, 0.15) is 5.75 Å². The molecule has 0 N–H and O–H groups in total. The molecule has 0 bridgehead atoms. The van der Waals surface area contributed by atoms with Crippen LogP contribution in [-0.4, -0.2) is 44.0 Å². The van der Waals surface area contributed by atoms with Gasteiger partial charge in [0.05, 0.1) is 43.7 Å². The zero-order valence-electron chi connectivity index (χ0n) is 21.9. The molecule has 2 atom stereocenters. The summed E-state index contributed by atoms with van der Waals surface area (Å²) in [5.74, 6) is 0.424. The van der Waals surface area contributed by atoms with E-state index in [1.54, 1.807) is 32.9 Å². The number of ether oxygens (including phenoxy) is 3. The maximum atomic E-state index is 13.5. The fourth-order valence-electron chi connectivity index (χ4n) is 4.68. The number of anilines is 1. The molecule has 0 radical (unpaired) electrons. The SMILES string of the molecule is CCOC(=O)N1c2cc(OC)c(C)cc2C(N(Cc2cc(C(F)(F)F)cc(C(F)(F)F)c2)C(=O)OC)CC1C. The number of benzene rings is 2. The van der Waals surface area contributed by atoms with Crippen LogP contribution in [0.2, 0.25) is 0 Å². The van der Waals surface area contributed by atoms with E-state index in [-0.39, 0.29) is 19.1 Å². The second-order valence-corrected chi connectivity index (χ2v) is 9.06. The summed E-state index contributed by atoms with van der Waals surface area (Å²) in [6, 6.07) is 2.95. The number of amides is 2. The average molecular weight is 563 g/mol. The molecule has 1 aliphatic rings. The van der Waals surface area contributed by atoms with Gasteiger partial charge in [-0.15, -0.1) is 0 Å². The molecule has 0 spiro atoms. The van der Waals surface area contributed by atoms with E-state index in [4.69, 9.17) is 14.2 Å². The van der Waals surface area contributed by atoms with Gasteiger partial charge < -0.3 is 14.2 Å². The van der Waals surface area contributed by atoms with Crippen LogP contribution >= 0.6 is 0 Å². The largest absolute Gasteiger partial charge is 0.496 e. The highest BCUT2D eigenvalue weighted by molar-refractivity contribution is 5.91. The van der Waals surface area contributed by atoms with Crippen LogP contribution in [0.15, 0.2) is 30.3 Å². The molecule has 0 fully saturated rings. The van der Waals surface area contributed by atoms with Crippen LogP contribution in [0.3, 0.4) is 0 Å². The number of fused-ring (bicyclic) bond motifs is 1. The summed E-state index contributed by atoms with van der Waals surface area (Å²) in [5, 5.41) is 0. The molecule has 0 saturated heterocycles. The maximum absolute atomic E-state index is 13.5. The standard InChI is InChI=1S/C26H28F6N2O5/c1-6-39-24(36)34-15(3)8-20(19-7-14(2)22(37-4)12-21(19)34)33(23(35)38-5)13-16-9-17(25(27,28)29)11-18(10-16)26(30,31)32/h7,9-12,15,20H,6,8,13H2,1-5H3. The van der Waals surface area contributed by atoms with Gasteiger partial charge in [-0.25, -0.2) is 9.59 Å². The van der Waals surface area contributed by atoms with Gasteiger partial charge in [0.25, 0.3) is 0 Å². The quantitative estimate of drug-likeness (QED) is 0.364. The molecule has 2 unspecified atom stereocenters. The Kier molecular flexibility index (Phi) is 8.61. The Morgan fingerprint density at radius 1 is 1.00 bits per heavy atom. The Bertz CT molecular complexity index is 1200. The Balaban J connectivity index is 2.18. The van der Waals surface area contributed by atoms with Crippen molar-refractivity contribution >= 4 is 17.9 Å². The van der Waals surface area contributed by atoms with Crippen molar-refractivity contribution in [2.24, 2.45) is 0 Å². The molecular weight excluding hydrogens is 534 g/mol. The lowest BCUT2D eigenvalue weighted by Crippen LogP contribution is -2.47. The van der Waals surface area contributed by atoms with Gasteiger partial charge in [0, 0.05) is 18.7 Å². The molecule has 0 aromatic heterocycles. The molecule has 3 rings (SSSR count). The number of carbonyl (C=O) groups is 2. The van der Waals surface area contributed by atoms with Crippen LogP contribution in [0.25, 0.3) is 0 Å². The third kappa shape index (κ3) is 6.34. The minimum Gasteiger partial charge on any atom is -0.496 e. The van der Waals surface area contributed by atoms with Crippen LogP contribution < -0.4 is 9.64 Å². The highest BCUT2D eigenvalue weighted by atomic mass is 19.4. The minimum absolute atomic E-state index is 0.0246. The summed E-state index contributed by atoms with van der Waals surface area (Å²) < 4.78 is 96.3. The first-order valence-corrected chi connectivity index (χ1v) is 11.9. The van der Waals surface area contributed by atoms with Crippen molar-refractivity contribution in [2.75, 3.05) is 25.7 Å². The highest BCUT2D eigenvalue weighted by Crippen LogP contribution is 2.45. The van der Waals surface area contributed by atoms with Crippen molar-refractivity contribution in [3.8, 4) is 5.75 Å². The minimum atomic E-state index is -5.05. The Morgan fingerprint density at radius 2 is 1.59 bits per heavy atom. The molecule has 13 heteroatoms. The molecular formula is C26H28F6N2O5. The molecule has 7 nitrogen and oxygen atoms in total. The molecule has 2 aromatic carbocycles. The topological polar surface area (TPSA) is 68.3 Å². The van der Waals surface area contributed by atoms with Crippen molar-refractivity contribution in [2.45, 2.75) is 58.2 Å². The van der Waals surface area contributed by atoms with Gasteiger partial charge in [0.2, 0.25) is 0 Å². The van der Waals surface area contributed by atoms with Crippen molar-refractivity contribution in [1.82, 2.24) is 4.90 Å². The molecule has 39 heavy (non-hydrogen) atoms. The number of hydrogen-bond donors (Lipinski definition) is 0. The van der Waals surface area contributed by atoms with E-state index in [9.17, 15) is 35.9 Å². The Hall–Kier alpha value is -3.64. The summed E-state index contributed by atoms with van der Waals surface area (Å²) >= 11 is 0. The Morgan fingerprint density at radius 3 is 2.08 bits per heavy atom. The lowest BCUT2D eigenvalue weighted by Gasteiger charge is -2.42. The first kappa shape index (κ1) is 29.9. The van der Waals surface area contributed by atoms with Crippen molar-refractivity contribution in [1.29, 1.82) is 0 Å². The van der Waals surface area contributed by atoms with E-state index in [1.807, 2.05) is 0 Å². The van der Waals surface area contributed by atoms with Crippen molar-refractivity contribution < 1.29 is 50.1 Å². The summed E-state index contributed by atoms with van der Waals surface area (Å²) in [6.07, 6.45) is -11.6. The van der Waals surface area contributed by atoms with Gasteiger partial charge >= 0.3 is 24.5 Å². The molecule has 0 aliphatic carbocycles. The highest BCUT2D eigenvalue weighted by Gasteiger charge is 2.41. The number of alkyl halides is 6. The summed E-state index contributed by atoms with van der Waals surface area (Å²) in [6.45, 7) is 4.50. The number of methoxy groups -OCH3 is 2. The van der Waals surface area contributed by atoms with E-state index in [1.165, 1.54) is 12.0 Å². The third-order valence-electron chi connectivity index (χ3n) is 6.42. The maximum Gasteiger partial charge on any atom is 0.416 e. The predicted octanol–water partition coefficient (Wildman–Crippen LogP) is 7.11. The number of rotatable bonds is 5. The Labute approximate surface area is 221 Å². The van der Waals surface area contributed by atoms with Gasteiger partial charge in [-0.05, 0) is 68.1 Å². The van der Waals surface area contributed by atoms with E-state index in [0.717, 1.165) is 12.0 Å². The van der Waals surface area contributed by atoms with Crippen molar-refractivity contribution in [3.05, 3.63) is 58.1 Å². The van der Waals surface area contributed by atoms with Crippen molar-refractivity contribution in [3.63, 3.8) is 0 Å². The number of nitrogens with zero attached hydrogens (tertiary/aromatic N) is 2. The van der Waals surface area contributed by atoms with Gasteiger partial charge in [-0.1, -0.05) is 0 Å². The number of halogens is 6. The zero-order chi connectivity index (χ0) is 29.3. The molecule has 2 amide bonds. The smallest absolute Gasteiger partial charge is 0.416 e. The number of carbonyl (C=O) groups excluding carboxylic acids is 2. The summed E-state index contributed by atoms with van der Waals surface area (Å²) in [4.78, 5) is 28.2. The van der Waals surface area contributed by atoms with E-state index >= 15 is 0 Å². The average Bonchev–Trinajstić information content (AvgIpc) is 2.85. The summed E-state index contributed by atoms with van der Waals surface area (Å²) in [5.41, 5.74) is -2.01. The predicted molar refractivity (Wildman–Crippen MR) is 128 cm³/mol. The van der Waals surface area contributed by atoms with Gasteiger partial charge in [-0.3, -0.25) is 9.80 Å². The normalized spacial score (nSPS) is 17.4. The van der Waals surface area contributed by atoms with Crippen LogP contribution in [-0.2, 0) is 28.4 Å². The van der Waals surface area contributed by atoms with Crippen LogP contribution in [0.1, 0.15) is 54.1 Å². The summed E-state index contributed by atoms with van der Waals surface area (Å²) in [7, 11) is 2.49. The van der Waals surface area contributed by atoms with E-state index in [2.05, 4.69) is 0 Å². The van der Waals surface area contributed by atoms with Crippen LogP contribution in [0.5, 0.6) is 5.75 Å². The first-order chi connectivity index (χ1) is 18.1. The first-order valence-electron chi connectivity index (χ1n) is 11.9. The zero-order valence-corrected chi connectivity index (χ0v) is 21.9. The van der Waals surface area contributed by atoms with Crippen LogP contribution in [0, 0.1) is 6.92 Å². The van der Waals surface area contributed by atoms with E-state index < -0.39 is 59.9 Å². The van der Waals surface area contributed by atoms with Crippen LogP contribution in [0.4, 0.5) is 41.6 Å². The van der Waals surface area contributed by atoms with Gasteiger partial charge in [0.15, 0.2) is 0 Å². The molecule has 214 valence electrons. The monoisotopic (exact) mass is 562 g/mol. The molecule has 1 heterocycles.